The summed E-state index contributed by atoms with van der Waals surface area (Å²) < 4.78 is 9.60. The molecular weight excluding hydrogens is 310 g/mol. The van der Waals surface area contributed by atoms with Crippen molar-refractivity contribution >= 4 is 34.2 Å². The Hall–Kier alpha value is -3.06. The second-order valence-electron chi connectivity index (χ2n) is 4.91. The van der Waals surface area contributed by atoms with Crippen LogP contribution in [0.2, 0.25) is 0 Å². The molecule has 0 saturated carbocycles. The van der Waals surface area contributed by atoms with Crippen molar-refractivity contribution < 1.29 is 4.79 Å². The van der Waals surface area contributed by atoms with Gasteiger partial charge >= 0.3 is 0 Å². The lowest BCUT2D eigenvalue weighted by Crippen LogP contribution is -2.12. The van der Waals surface area contributed by atoms with Crippen molar-refractivity contribution in [2.45, 2.75) is 0 Å². The molecule has 0 aliphatic carbocycles. The second-order valence-corrected chi connectivity index (χ2v) is 5.47. The van der Waals surface area contributed by atoms with Crippen molar-refractivity contribution in [3.63, 3.8) is 0 Å². The fraction of sp³-hybridized carbons (Fsp3) is 0. The number of para-hydroxylation sites is 1. The van der Waals surface area contributed by atoms with E-state index in [-0.39, 0.29) is 5.91 Å². The van der Waals surface area contributed by atoms with Gasteiger partial charge in [-0.05, 0) is 30.3 Å². The van der Waals surface area contributed by atoms with Crippen molar-refractivity contribution in [3.05, 3.63) is 66.6 Å². The Bertz CT molecular complexity index is 960. The monoisotopic (exact) mass is 321 g/mol. The summed E-state index contributed by atoms with van der Waals surface area (Å²) in [5.41, 5.74) is 2.98. The van der Waals surface area contributed by atoms with Gasteiger partial charge in [-0.2, -0.15) is 13.8 Å². The Balaban J connectivity index is 1.60. The lowest BCUT2D eigenvalue weighted by atomic mass is 10.2. The fourth-order valence-corrected chi connectivity index (χ4v) is 2.74. The first kappa shape index (κ1) is 13.6. The lowest BCUT2D eigenvalue weighted by molar-refractivity contribution is 0.102. The van der Waals surface area contributed by atoms with Crippen molar-refractivity contribution in [3.8, 4) is 5.69 Å². The van der Waals surface area contributed by atoms with Gasteiger partial charge in [0, 0.05) is 11.1 Å². The first-order valence-electron chi connectivity index (χ1n) is 6.93. The maximum Gasteiger partial charge on any atom is 0.277 e. The van der Waals surface area contributed by atoms with Gasteiger partial charge in [-0.15, -0.1) is 0 Å². The Morgan fingerprint density at radius 1 is 1.04 bits per heavy atom. The summed E-state index contributed by atoms with van der Waals surface area (Å²) in [5.74, 6) is -0.268. The van der Waals surface area contributed by atoms with E-state index in [2.05, 4.69) is 19.2 Å². The SMILES string of the molecule is O=C(Nc1ccc(-n2ncc3ccccc32)cc1)c1cnsn1. The molecule has 0 radical (unpaired) electrons. The number of carbonyl (C=O) groups excluding carboxylic acids is 1. The Morgan fingerprint density at radius 3 is 2.65 bits per heavy atom. The average molecular weight is 321 g/mol. The number of benzene rings is 2. The van der Waals surface area contributed by atoms with E-state index in [1.54, 1.807) is 0 Å². The van der Waals surface area contributed by atoms with E-state index in [4.69, 9.17) is 0 Å². The predicted octanol–water partition coefficient (Wildman–Crippen LogP) is 3.13. The Morgan fingerprint density at radius 2 is 1.87 bits per heavy atom. The molecule has 4 rings (SSSR count). The largest absolute Gasteiger partial charge is 0.321 e. The molecule has 0 saturated heterocycles. The molecule has 2 aromatic carbocycles. The van der Waals surface area contributed by atoms with Gasteiger partial charge < -0.3 is 5.32 Å². The first-order chi connectivity index (χ1) is 11.3. The van der Waals surface area contributed by atoms with Gasteiger partial charge in [-0.25, -0.2) is 4.68 Å². The highest BCUT2D eigenvalue weighted by molar-refractivity contribution is 6.99. The zero-order valence-corrected chi connectivity index (χ0v) is 12.7. The van der Waals surface area contributed by atoms with Crippen molar-refractivity contribution in [2.24, 2.45) is 0 Å². The van der Waals surface area contributed by atoms with E-state index in [9.17, 15) is 4.79 Å². The van der Waals surface area contributed by atoms with Crippen molar-refractivity contribution in [1.82, 2.24) is 18.5 Å². The summed E-state index contributed by atoms with van der Waals surface area (Å²) in [6.45, 7) is 0. The molecule has 0 unspecified atom stereocenters. The Kier molecular flexibility index (Phi) is 3.32. The molecule has 1 N–H and O–H groups in total. The smallest absolute Gasteiger partial charge is 0.277 e. The molecular formula is C16H11N5OS. The molecule has 0 fully saturated rings. The number of nitrogens with zero attached hydrogens (tertiary/aromatic N) is 4. The molecule has 0 aliphatic heterocycles. The zero-order valence-electron chi connectivity index (χ0n) is 11.9. The van der Waals surface area contributed by atoms with Gasteiger partial charge in [0.25, 0.3) is 5.91 Å². The van der Waals surface area contributed by atoms with Crippen LogP contribution < -0.4 is 5.32 Å². The minimum atomic E-state index is -0.268. The normalized spacial score (nSPS) is 10.8. The highest BCUT2D eigenvalue weighted by Gasteiger charge is 2.09. The van der Waals surface area contributed by atoms with Crippen LogP contribution in [-0.2, 0) is 0 Å². The molecule has 6 nitrogen and oxygen atoms in total. The van der Waals surface area contributed by atoms with Gasteiger partial charge in [-0.3, -0.25) is 4.79 Å². The number of rotatable bonds is 3. The Labute approximate surface area is 135 Å². The summed E-state index contributed by atoms with van der Waals surface area (Å²) in [6, 6.07) is 15.5. The molecule has 0 atom stereocenters. The first-order valence-corrected chi connectivity index (χ1v) is 7.66. The molecule has 0 spiro atoms. The molecule has 2 aromatic heterocycles. The summed E-state index contributed by atoms with van der Waals surface area (Å²) in [7, 11) is 0. The standard InChI is InChI=1S/C16H11N5OS/c22-16(14-10-18-23-20-14)19-12-5-7-13(8-6-12)21-15-4-2-1-3-11(15)9-17-21/h1-10H,(H,19,22). The predicted molar refractivity (Wildman–Crippen MR) is 88.9 cm³/mol. The molecule has 112 valence electrons. The number of aromatic nitrogens is 4. The summed E-state index contributed by atoms with van der Waals surface area (Å²) in [5, 5.41) is 8.28. The maximum absolute atomic E-state index is 11.9. The van der Waals surface area contributed by atoms with Crippen LogP contribution in [0.5, 0.6) is 0 Å². The van der Waals surface area contributed by atoms with Crippen LogP contribution in [0, 0.1) is 0 Å². The van der Waals surface area contributed by atoms with Crippen molar-refractivity contribution in [1.29, 1.82) is 0 Å². The quantitative estimate of drug-likeness (QED) is 0.629. The summed E-state index contributed by atoms with van der Waals surface area (Å²) in [4.78, 5) is 11.9. The van der Waals surface area contributed by atoms with Crippen LogP contribution in [0.15, 0.2) is 60.9 Å². The van der Waals surface area contributed by atoms with Gasteiger partial charge in [0.2, 0.25) is 0 Å². The van der Waals surface area contributed by atoms with Crippen molar-refractivity contribution in [2.75, 3.05) is 5.32 Å². The number of hydrogen-bond donors (Lipinski definition) is 1. The number of hydrogen-bond acceptors (Lipinski definition) is 5. The van der Waals surface area contributed by atoms with Gasteiger partial charge in [-0.1, -0.05) is 18.2 Å². The number of fused-ring (bicyclic) bond motifs is 1. The lowest BCUT2D eigenvalue weighted by Gasteiger charge is -2.06. The minimum Gasteiger partial charge on any atom is -0.321 e. The van der Waals surface area contributed by atoms with Gasteiger partial charge in [0.1, 0.15) is 0 Å². The third kappa shape index (κ3) is 2.58. The number of anilines is 1. The highest BCUT2D eigenvalue weighted by atomic mass is 32.1. The van der Waals surface area contributed by atoms with Crippen LogP contribution in [-0.4, -0.2) is 24.4 Å². The van der Waals surface area contributed by atoms with E-state index >= 15 is 0 Å². The highest BCUT2D eigenvalue weighted by Crippen LogP contribution is 2.19. The molecule has 0 bridgehead atoms. The minimum absolute atomic E-state index is 0.268. The molecule has 2 heterocycles. The fourth-order valence-electron chi connectivity index (χ4n) is 2.32. The summed E-state index contributed by atoms with van der Waals surface area (Å²) in [6.07, 6.45) is 3.28. The van der Waals surface area contributed by atoms with Crippen LogP contribution in [0.25, 0.3) is 16.6 Å². The van der Waals surface area contributed by atoms with E-state index in [1.807, 2.05) is 59.4 Å². The van der Waals surface area contributed by atoms with Crippen LogP contribution in [0.1, 0.15) is 10.5 Å². The third-order valence-electron chi connectivity index (χ3n) is 3.44. The second kappa shape index (κ2) is 5.62. The molecule has 7 heteroatoms. The molecule has 1 amide bonds. The summed E-state index contributed by atoms with van der Waals surface area (Å²) >= 11 is 1.01. The topological polar surface area (TPSA) is 72.7 Å². The molecule has 0 aliphatic rings. The average Bonchev–Trinajstić information content (AvgIpc) is 3.25. The van der Waals surface area contributed by atoms with E-state index in [1.165, 1.54) is 6.20 Å². The van der Waals surface area contributed by atoms with E-state index in [0.717, 1.165) is 28.3 Å². The zero-order chi connectivity index (χ0) is 15.6. The van der Waals surface area contributed by atoms with Crippen LogP contribution in [0.4, 0.5) is 5.69 Å². The molecule has 23 heavy (non-hydrogen) atoms. The van der Waals surface area contributed by atoms with Crippen LogP contribution in [0.3, 0.4) is 0 Å². The number of carbonyl (C=O) groups is 1. The third-order valence-corrected chi connectivity index (χ3v) is 3.92. The van der Waals surface area contributed by atoms with E-state index in [0.29, 0.717) is 11.4 Å². The van der Waals surface area contributed by atoms with Gasteiger partial charge in [0.15, 0.2) is 5.69 Å². The maximum atomic E-state index is 11.9. The number of amides is 1. The van der Waals surface area contributed by atoms with Gasteiger partial charge in [0.05, 0.1) is 35.3 Å². The van der Waals surface area contributed by atoms with Crippen LogP contribution >= 0.6 is 11.7 Å². The molecule has 4 aromatic rings. The van der Waals surface area contributed by atoms with E-state index < -0.39 is 0 Å². The number of nitrogens with one attached hydrogen (secondary N) is 1.